The van der Waals surface area contributed by atoms with Gasteiger partial charge in [0.05, 0.1) is 5.56 Å². The van der Waals surface area contributed by atoms with Crippen molar-refractivity contribution >= 4 is 29.0 Å². The number of carbonyl (C=O) groups is 1. The van der Waals surface area contributed by atoms with E-state index in [0.717, 1.165) is 16.2 Å². The van der Waals surface area contributed by atoms with Gasteiger partial charge in [-0.2, -0.15) is 0 Å². The van der Waals surface area contributed by atoms with Crippen LogP contribution in [0, 0.1) is 6.92 Å². The first kappa shape index (κ1) is 22.1. The highest BCUT2D eigenvalue weighted by Crippen LogP contribution is 2.44. The molecule has 30 heavy (non-hydrogen) atoms. The van der Waals surface area contributed by atoms with Crippen LogP contribution in [-0.2, 0) is 4.57 Å². The Morgan fingerprint density at radius 3 is 1.80 bits per heavy atom. The highest BCUT2D eigenvalue weighted by Gasteiger charge is 2.36. The van der Waals surface area contributed by atoms with E-state index in [1.807, 2.05) is 118 Å². The van der Waals surface area contributed by atoms with Gasteiger partial charge in [-0.05, 0) is 46.2 Å². The summed E-state index contributed by atoms with van der Waals surface area (Å²) in [4.78, 5) is 15.5. The summed E-state index contributed by atoms with van der Waals surface area (Å²) >= 11 is 0. The summed E-state index contributed by atoms with van der Waals surface area (Å²) in [5.74, 6) is -0.0830. The van der Waals surface area contributed by atoms with E-state index < -0.39 is 7.14 Å². The Bertz CT molecular complexity index is 1070. The van der Waals surface area contributed by atoms with Gasteiger partial charge < -0.3 is 9.46 Å². The van der Waals surface area contributed by atoms with Crippen LogP contribution >= 0.6 is 7.14 Å². The van der Waals surface area contributed by atoms with Gasteiger partial charge in [0.15, 0.2) is 7.14 Å². The lowest BCUT2D eigenvalue weighted by Crippen LogP contribution is -2.44. The second-order valence-electron chi connectivity index (χ2n) is 8.15. The van der Waals surface area contributed by atoms with E-state index in [9.17, 15) is 9.36 Å². The van der Waals surface area contributed by atoms with Crippen molar-refractivity contribution in [1.82, 2.24) is 4.90 Å². The van der Waals surface area contributed by atoms with Crippen molar-refractivity contribution < 1.29 is 9.36 Å². The van der Waals surface area contributed by atoms with Crippen LogP contribution in [-0.4, -0.2) is 22.9 Å². The molecule has 1 unspecified atom stereocenters. The molecule has 0 saturated carbocycles. The van der Waals surface area contributed by atoms with Crippen molar-refractivity contribution in [3.8, 4) is 0 Å². The minimum absolute atomic E-state index is 0.0418. The molecule has 0 aliphatic carbocycles. The summed E-state index contributed by atoms with van der Waals surface area (Å²) in [7, 11) is -3.25. The molecule has 1 amide bonds. The van der Waals surface area contributed by atoms with Gasteiger partial charge in [0, 0.05) is 28.0 Å². The van der Waals surface area contributed by atoms with E-state index >= 15 is 0 Å². The van der Waals surface area contributed by atoms with Crippen LogP contribution in [0.15, 0.2) is 78.9 Å². The maximum atomic E-state index is 15.0. The minimum Gasteiger partial charge on any atom is -0.334 e. The molecule has 3 aromatic rings. The fourth-order valence-corrected chi connectivity index (χ4v) is 7.18. The second kappa shape index (κ2) is 9.02. The third kappa shape index (κ3) is 4.00. The number of amides is 1. The molecule has 3 nitrogen and oxygen atoms in total. The van der Waals surface area contributed by atoms with Crippen LogP contribution in [0.25, 0.3) is 0 Å². The fraction of sp³-hybridized carbons (Fsp3) is 0.269. The molecule has 0 radical (unpaired) electrons. The summed E-state index contributed by atoms with van der Waals surface area (Å²) in [6, 6.07) is 24.8. The first-order valence-corrected chi connectivity index (χ1v) is 12.1. The van der Waals surface area contributed by atoms with Gasteiger partial charge in [0.2, 0.25) is 0 Å². The molecule has 0 heterocycles. The lowest BCUT2D eigenvalue weighted by molar-refractivity contribution is 0.0645. The lowest BCUT2D eigenvalue weighted by atomic mass is 10.1. The maximum Gasteiger partial charge on any atom is 0.255 e. The zero-order chi connectivity index (χ0) is 21.9. The van der Waals surface area contributed by atoms with Crippen molar-refractivity contribution in [2.45, 2.75) is 46.7 Å². The summed E-state index contributed by atoms with van der Waals surface area (Å²) in [5.41, 5.74) is 1.46. The van der Waals surface area contributed by atoms with Crippen LogP contribution in [0.1, 0.15) is 43.6 Å². The summed E-state index contributed by atoms with van der Waals surface area (Å²) in [6.07, 6.45) is 0. The Morgan fingerprint density at radius 2 is 1.23 bits per heavy atom. The molecule has 4 heteroatoms. The smallest absolute Gasteiger partial charge is 0.255 e. The molecule has 0 fully saturated rings. The van der Waals surface area contributed by atoms with E-state index in [2.05, 4.69) is 0 Å². The molecule has 0 aliphatic heterocycles. The van der Waals surface area contributed by atoms with Gasteiger partial charge in [-0.15, -0.1) is 0 Å². The first-order valence-electron chi connectivity index (χ1n) is 10.4. The molecule has 0 spiro atoms. The Kier molecular flexibility index (Phi) is 6.63. The summed E-state index contributed by atoms with van der Waals surface area (Å²) in [5, 5.41) is 2.11. The van der Waals surface area contributed by atoms with E-state index in [1.54, 1.807) is 0 Å². The zero-order valence-electron chi connectivity index (χ0n) is 18.4. The van der Waals surface area contributed by atoms with Gasteiger partial charge in [-0.1, -0.05) is 72.8 Å². The standard InChI is InChI=1S/C26H30NO2P/c1-19(2)27(20(3)4)26(28)23-16-10-12-18-25(23)30(29,22-14-7-6-8-15-22)24-17-11-9-13-21(24)5/h6-20H,1-5H3. The number of hydrogen-bond acceptors (Lipinski definition) is 2. The molecule has 0 bridgehead atoms. The average Bonchev–Trinajstić information content (AvgIpc) is 2.73. The summed E-state index contributed by atoms with van der Waals surface area (Å²) < 4.78 is 15.0. The van der Waals surface area contributed by atoms with E-state index in [4.69, 9.17) is 0 Å². The van der Waals surface area contributed by atoms with E-state index in [0.29, 0.717) is 10.9 Å². The summed E-state index contributed by atoms with van der Waals surface area (Å²) in [6.45, 7) is 10.0. The van der Waals surface area contributed by atoms with Crippen molar-refractivity contribution in [1.29, 1.82) is 0 Å². The minimum atomic E-state index is -3.25. The van der Waals surface area contributed by atoms with Crippen molar-refractivity contribution in [2.75, 3.05) is 0 Å². The van der Waals surface area contributed by atoms with Crippen LogP contribution in [0.2, 0.25) is 0 Å². The molecule has 3 rings (SSSR count). The largest absolute Gasteiger partial charge is 0.334 e. The maximum absolute atomic E-state index is 15.0. The van der Waals surface area contributed by atoms with Gasteiger partial charge in [-0.25, -0.2) is 0 Å². The monoisotopic (exact) mass is 419 g/mol. The Morgan fingerprint density at radius 1 is 0.733 bits per heavy atom. The van der Waals surface area contributed by atoms with Gasteiger partial charge in [-0.3, -0.25) is 4.79 Å². The molecule has 0 aliphatic rings. The topological polar surface area (TPSA) is 37.4 Å². The highest BCUT2D eigenvalue weighted by atomic mass is 31.2. The third-order valence-corrected chi connectivity index (χ3v) is 8.67. The van der Waals surface area contributed by atoms with Crippen LogP contribution in [0.3, 0.4) is 0 Å². The number of benzene rings is 3. The molecule has 156 valence electrons. The Labute approximate surface area is 180 Å². The molecular formula is C26H30NO2P. The van der Waals surface area contributed by atoms with Crippen molar-refractivity contribution in [2.24, 2.45) is 0 Å². The third-order valence-electron chi connectivity index (χ3n) is 5.40. The average molecular weight is 420 g/mol. The number of hydrogen-bond donors (Lipinski definition) is 0. The molecule has 0 aromatic heterocycles. The number of nitrogens with zero attached hydrogens (tertiary/aromatic N) is 1. The van der Waals surface area contributed by atoms with Gasteiger partial charge in [0.1, 0.15) is 0 Å². The molecule has 1 atom stereocenters. The molecule has 0 saturated heterocycles. The predicted octanol–water partition coefficient (Wildman–Crippen LogP) is 4.89. The van der Waals surface area contributed by atoms with Crippen LogP contribution < -0.4 is 15.9 Å². The quantitative estimate of drug-likeness (QED) is 0.534. The second-order valence-corrected chi connectivity index (χ2v) is 10.8. The van der Waals surface area contributed by atoms with E-state index in [1.165, 1.54) is 0 Å². The van der Waals surface area contributed by atoms with Gasteiger partial charge >= 0.3 is 0 Å². The van der Waals surface area contributed by atoms with Crippen LogP contribution in [0.5, 0.6) is 0 Å². The molecule has 3 aromatic carbocycles. The SMILES string of the molecule is Cc1ccccc1P(=O)(c1ccccc1)c1ccccc1C(=O)N(C(C)C)C(C)C. The van der Waals surface area contributed by atoms with E-state index in [-0.39, 0.29) is 18.0 Å². The molecular weight excluding hydrogens is 389 g/mol. The highest BCUT2D eigenvalue weighted by molar-refractivity contribution is 7.85. The zero-order valence-corrected chi connectivity index (χ0v) is 19.3. The fourth-order valence-electron chi connectivity index (χ4n) is 4.10. The Hall–Kier alpha value is -2.64. The van der Waals surface area contributed by atoms with Crippen molar-refractivity contribution in [3.63, 3.8) is 0 Å². The first-order chi connectivity index (χ1) is 14.3. The number of rotatable bonds is 6. The number of aryl methyl sites for hydroxylation is 1. The predicted molar refractivity (Wildman–Crippen MR) is 127 cm³/mol. The van der Waals surface area contributed by atoms with Crippen molar-refractivity contribution in [3.05, 3.63) is 90.0 Å². The normalized spacial score (nSPS) is 13.3. The number of carbonyl (C=O) groups excluding carboxylic acids is 1. The lowest BCUT2D eigenvalue weighted by Gasteiger charge is -2.32. The van der Waals surface area contributed by atoms with Gasteiger partial charge in [0.25, 0.3) is 5.91 Å². The Balaban J connectivity index is 2.32. The van der Waals surface area contributed by atoms with Crippen LogP contribution in [0.4, 0.5) is 0 Å². The molecule has 0 N–H and O–H groups in total.